The van der Waals surface area contributed by atoms with Gasteiger partial charge in [0.2, 0.25) is 0 Å². The van der Waals surface area contributed by atoms with Crippen LogP contribution in [0.4, 0.5) is 10.5 Å². The van der Waals surface area contributed by atoms with Gasteiger partial charge in [-0.25, -0.2) is 4.79 Å². The van der Waals surface area contributed by atoms with Crippen LogP contribution in [0.3, 0.4) is 0 Å². The Morgan fingerprint density at radius 1 is 1.18 bits per heavy atom. The second kappa shape index (κ2) is 3.85. The van der Waals surface area contributed by atoms with Crippen LogP contribution in [0.15, 0.2) is 30.6 Å². The predicted molar refractivity (Wildman–Crippen MR) is 59.9 cm³/mol. The predicted octanol–water partition coefficient (Wildman–Crippen LogP) is 0.192. The number of amides is 2. The van der Waals surface area contributed by atoms with Crippen molar-refractivity contribution >= 4 is 11.7 Å². The first-order valence-electron chi connectivity index (χ1n) is 5.23. The van der Waals surface area contributed by atoms with E-state index in [1.807, 2.05) is 24.3 Å². The summed E-state index contributed by atoms with van der Waals surface area (Å²) in [5.41, 5.74) is 1.68. The summed E-state index contributed by atoms with van der Waals surface area (Å²) in [6, 6.07) is 7.37. The van der Waals surface area contributed by atoms with Crippen LogP contribution in [0.1, 0.15) is 0 Å². The molecule has 1 aliphatic rings. The number of anilines is 1. The number of nitrogens with one attached hydrogen (secondary N) is 1. The Balaban J connectivity index is 1.87. The lowest BCUT2D eigenvalue weighted by Gasteiger charge is -2.14. The topological polar surface area (TPSA) is 75.9 Å². The fraction of sp³-hybridized carbons (Fsp3) is 0.200. The number of urea groups is 1. The lowest BCUT2D eigenvalue weighted by Crippen LogP contribution is -2.27. The molecule has 1 fully saturated rings. The standard InChI is InChI=1S/C10H10N6O/c17-10-11-5-6-15(10)8-1-3-9(4-2-8)16-13-7-12-14-16/h1-4,7H,5-6H2,(H,11,17). The molecule has 7 heteroatoms. The fourth-order valence-corrected chi connectivity index (χ4v) is 1.77. The number of benzene rings is 1. The van der Waals surface area contributed by atoms with Crippen molar-refractivity contribution in [2.24, 2.45) is 0 Å². The van der Waals surface area contributed by atoms with E-state index in [2.05, 4.69) is 20.7 Å². The Morgan fingerprint density at radius 3 is 2.53 bits per heavy atom. The Hall–Kier alpha value is -2.44. The molecule has 1 aliphatic heterocycles. The molecular formula is C10H10N6O. The van der Waals surface area contributed by atoms with E-state index in [0.717, 1.165) is 11.4 Å². The molecule has 86 valence electrons. The third-order valence-electron chi connectivity index (χ3n) is 2.60. The molecule has 0 bridgehead atoms. The van der Waals surface area contributed by atoms with Gasteiger partial charge in [-0.15, -0.1) is 15.0 Å². The smallest absolute Gasteiger partial charge is 0.321 e. The van der Waals surface area contributed by atoms with Crippen molar-refractivity contribution in [2.75, 3.05) is 18.0 Å². The summed E-state index contributed by atoms with van der Waals surface area (Å²) in [5.74, 6) is 0. The molecule has 1 aromatic heterocycles. The maximum Gasteiger partial charge on any atom is 0.321 e. The first-order chi connectivity index (χ1) is 8.34. The van der Waals surface area contributed by atoms with E-state index in [0.29, 0.717) is 13.1 Å². The zero-order valence-electron chi connectivity index (χ0n) is 8.95. The molecule has 2 aromatic rings. The zero-order valence-corrected chi connectivity index (χ0v) is 8.95. The number of rotatable bonds is 2. The average molecular weight is 230 g/mol. The first-order valence-corrected chi connectivity index (χ1v) is 5.23. The zero-order chi connectivity index (χ0) is 11.7. The Kier molecular flexibility index (Phi) is 2.21. The van der Waals surface area contributed by atoms with Crippen molar-refractivity contribution in [3.05, 3.63) is 30.6 Å². The van der Waals surface area contributed by atoms with Crippen LogP contribution >= 0.6 is 0 Å². The molecule has 0 unspecified atom stereocenters. The average Bonchev–Trinajstić information content (AvgIpc) is 3.00. The van der Waals surface area contributed by atoms with Crippen LogP contribution in [0.2, 0.25) is 0 Å². The minimum Gasteiger partial charge on any atom is -0.336 e. The van der Waals surface area contributed by atoms with Gasteiger partial charge in [0.25, 0.3) is 0 Å². The molecule has 17 heavy (non-hydrogen) atoms. The van der Waals surface area contributed by atoms with Crippen LogP contribution in [-0.4, -0.2) is 39.3 Å². The number of hydrogen-bond acceptors (Lipinski definition) is 4. The molecule has 1 aromatic carbocycles. The molecule has 1 N–H and O–H groups in total. The quantitative estimate of drug-likeness (QED) is 0.799. The molecular weight excluding hydrogens is 220 g/mol. The van der Waals surface area contributed by atoms with Crippen molar-refractivity contribution in [2.45, 2.75) is 0 Å². The molecule has 0 saturated carbocycles. The van der Waals surface area contributed by atoms with Crippen molar-refractivity contribution in [1.82, 2.24) is 25.5 Å². The summed E-state index contributed by atoms with van der Waals surface area (Å²) < 4.78 is 0. The third kappa shape index (κ3) is 1.71. The third-order valence-corrected chi connectivity index (χ3v) is 2.60. The van der Waals surface area contributed by atoms with E-state index < -0.39 is 0 Å². The Bertz CT molecular complexity index is 520. The number of tetrazole rings is 1. The van der Waals surface area contributed by atoms with E-state index >= 15 is 0 Å². The highest BCUT2D eigenvalue weighted by atomic mass is 16.2. The van der Waals surface area contributed by atoms with E-state index in [4.69, 9.17) is 0 Å². The van der Waals surface area contributed by atoms with Crippen molar-refractivity contribution in [1.29, 1.82) is 0 Å². The van der Waals surface area contributed by atoms with Gasteiger partial charge in [-0.1, -0.05) is 0 Å². The lowest BCUT2D eigenvalue weighted by molar-refractivity contribution is 0.252. The van der Waals surface area contributed by atoms with Crippen LogP contribution in [0.25, 0.3) is 5.69 Å². The monoisotopic (exact) mass is 230 g/mol. The fourth-order valence-electron chi connectivity index (χ4n) is 1.77. The van der Waals surface area contributed by atoms with Crippen molar-refractivity contribution in [3.63, 3.8) is 0 Å². The maximum absolute atomic E-state index is 11.5. The van der Waals surface area contributed by atoms with Gasteiger partial charge < -0.3 is 5.32 Å². The van der Waals surface area contributed by atoms with Gasteiger partial charge in [0.05, 0.1) is 5.69 Å². The molecule has 0 radical (unpaired) electrons. The van der Waals surface area contributed by atoms with Gasteiger partial charge in [0, 0.05) is 18.8 Å². The van der Waals surface area contributed by atoms with Crippen molar-refractivity contribution in [3.8, 4) is 5.69 Å². The van der Waals surface area contributed by atoms with Gasteiger partial charge in [-0.3, -0.25) is 4.90 Å². The number of carbonyl (C=O) groups is 1. The van der Waals surface area contributed by atoms with E-state index in [-0.39, 0.29) is 6.03 Å². The summed E-state index contributed by atoms with van der Waals surface area (Å²) in [6.07, 6.45) is 1.38. The molecule has 3 rings (SSSR count). The maximum atomic E-state index is 11.5. The summed E-state index contributed by atoms with van der Waals surface area (Å²) in [5, 5.41) is 14.1. The summed E-state index contributed by atoms with van der Waals surface area (Å²) >= 11 is 0. The summed E-state index contributed by atoms with van der Waals surface area (Å²) in [4.78, 5) is 14.6. The van der Waals surface area contributed by atoms with E-state index in [9.17, 15) is 4.79 Å². The van der Waals surface area contributed by atoms with Gasteiger partial charge in [0.1, 0.15) is 0 Å². The highest BCUT2D eigenvalue weighted by Crippen LogP contribution is 2.18. The number of aromatic nitrogens is 4. The molecule has 0 atom stereocenters. The van der Waals surface area contributed by atoms with Crippen LogP contribution < -0.4 is 10.2 Å². The largest absolute Gasteiger partial charge is 0.336 e. The van der Waals surface area contributed by atoms with Crippen LogP contribution in [0.5, 0.6) is 0 Å². The normalized spacial score (nSPS) is 15.1. The first kappa shape index (κ1) is 9.76. The van der Waals surface area contributed by atoms with Crippen LogP contribution in [0, 0.1) is 0 Å². The van der Waals surface area contributed by atoms with Gasteiger partial charge in [-0.2, -0.15) is 0 Å². The number of hydrogen-bond donors (Lipinski definition) is 1. The molecule has 0 aliphatic carbocycles. The van der Waals surface area contributed by atoms with Crippen molar-refractivity contribution < 1.29 is 4.79 Å². The minimum absolute atomic E-state index is 0.0587. The number of carbonyl (C=O) groups excluding carboxylic acids is 1. The van der Waals surface area contributed by atoms with Gasteiger partial charge in [-0.05, 0) is 29.5 Å². The second-order valence-corrected chi connectivity index (χ2v) is 3.63. The lowest BCUT2D eigenvalue weighted by atomic mass is 10.2. The summed E-state index contributed by atoms with van der Waals surface area (Å²) in [6.45, 7) is 1.38. The van der Waals surface area contributed by atoms with Crippen LogP contribution in [-0.2, 0) is 0 Å². The summed E-state index contributed by atoms with van der Waals surface area (Å²) in [7, 11) is 0. The Labute approximate surface area is 97.0 Å². The second-order valence-electron chi connectivity index (χ2n) is 3.63. The van der Waals surface area contributed by atoms with Gasteiger partial charge in [0.15, 0.2) is 6.33 Å². The Morgan fingerprint density at radius 2 is 1.94 bits per heavy atom. The molecule has 7 nitrogen and oxygen atoms in total. The SMILES string of the molecule is O=C1NCCN1c1ccc(-n2ncnn2)cc1. The van der Waals surface area contributed by atoms with E-state index in [1.165, 1.54) is 11.1 Å². The van der Waals surface area contributed by atoms with E-state index in [1.54, 1.807) is 4.90 Å². The molecule has 2 heterocycles. The number of nitrogens with zero attached hydrogens (tertiary/aromatic N) is 5. The minimum atomic E-state index is -0.0587. The molecule has 2 amide bonds. The molecule has 0 spiro atoms. The highest BCUT2D eigenvalue weighted by Gasteiger charge is 2.20. The molecule has 1 saturated heterocycles. The highest BCUT2D eigenvalue weighted by molar-refractivity contribution is 5.94. The van der Waals surface area contributed by atoms with Gasteiger partial charge >= 0.3 is 6.03 Å².